The Labute approximate surface area is 115 Å². The minimum Gasteiger partial charge on any atom is -0.481 e. The van der Waals surface area contributed by atoms with Gasteiger partial charge in [0.1, 0.15) is 0 Å². The summed E-state index contributed by atoms with van der Waals surface area (Å²) in [5.41, 5.74) is 0. The molecule has 1 unspecified atom stereocenters. The van der Waals surface area contributed by atoms with Crippen molar-refractivity contribution < 1.29 is 18.3 Å². The maximum atomic E-state index is 12.3. The Hall–Kier alpha value is -0.660. The molecule has 0 spiro atoms. The second-order valence-corrected chi connectivity index (χ2v) is 7.18. The van der Waals surface area contributed by atoms with Crippen LogP contribution in [0.3, 0.4) is 0 Å². The molecule has 1 aliphatic rings. The van der Waals surface area contributed by atoms with Gasteiger partial charge in [-0.1, -0.05) is 13.3 Å². The molecule has 0 bridgehead atoms. The zero-order valence-corrected chi connectivity index (χ0v) is 12.5. The van der Waals surface area contributed by atoms with E-state index in [9.17, 15) is 13.2 Å². The number of unbranched alkanes of at least 4 members (excludes halogenated alkanes) is 1. The lowest BCUT2D eigenvalue weighted by molar-refractivity contribution is -0.138. The van der Waals surface area contributed by atoms with E-state index in [1.54, 1.807) is 7.05 Å². The van der Waals surface area contributed by atoms with E-state index in [-0.39, 0.29) is 12.3 Å². The Bertz CT molecular complexity index is 397. The van der Waals surface area contributed by atoms with Gasteiger partial charge >= 0.3 is 5.97 Å². The number of carbonyl (C=O) groups is 1. The van der Waals surface area contributed by atoms with E-state index >= 15 is 0 Å². The fourth-order valence-electron chi connectivity index (χ4n) is 2.34. The number of hydrogen-bond donors (Lipinski definition) is 1. The quantitative estimate of drug-likeness (QED) is 0.763. The average molecular weight is 292 g/mol. The minimum atomic E-state index is -3.43. The third-order valence-corrected chi connectivity index (χ3v) is 5.45. The van der Waals surface area contributed by atoms with Gasteiger partial charge in [-0.3, -0.25) is 4.79 Å². The van der Waals surface area contributed by atoms with Crippen LogP contribution in [0.4, 0.5) is 0 Å². The molecule has 0 amide bonds. The Balaban J connectivity index is 2.64. The van der Waals surface area contributed by atoms with E-state index in [1.165, 1.54) is 8.61 Å². The topological polar surface area (TPSA) is 77.9 Å². The summed E-state index contributed by atoms with van der Waals surface area (Å²) in [5.74, 6) is -0.927. The van der Waals surface area contributed by atoms with E-state index in [2.05, 4.69) is 0 Å². The van der Waals surface area contributed by atoms with Gasteiger partial charge in [0.25, 0.3) is 10.2 Å². The molecule has 0 radical (unpaired) electrons. The van der Waals surface area contributed by atoms with Gasteiger partial charge in [-0.25, -0.2) is 0 Å². The molecule has 7 heteroatoms. The molecule has 1 fully saturated rings. The SMILES string of the molecule is CCCCN(C)S(=O)(=O)N1CCCC(CC(=O)O)C1. The van der Waals surface area contributed by atoms with Gasteiger partial charge in [-0.2, -0.15) is 17.0 Å². The first-order chi connectivity index (χ1) is 8.87. The second kappa shape index (κ2) is 7.21. The third-order valence-electron chi connectivity index (χ3n) is 3.49. The van der Waals surface area contributed by atoms with Gasteiger partial charge in [0, 0.05) is 33.1 Å². The van der Waals surface area contributed by atoms with Crippen molar-refractivity contribution in [3.05, 3.63) is 0 Å². The molecular formula is C12H24N2O4S. The Morgan fingerprint density at radius 2 is 2.16 bits per heavy atom. The molecule has 0 aromatic carbocycles. The van der Waals surface area contributed by atoms with Gasteiger partial charge in [0.2, 0.25) is 0 Å². The van der Waals surface area contributed by atoms with Gasteiger partial charge in [-0.15, -0.1) is 0 Å². The molecule has 1 atom stereocenters. The molecule has 0 aromatic rings. The molecular weight excluding hydrogens is 268 g/mol. The summed E-state index contributed by atoms with van der Waals surface area (Å²) >= 11 is 0. The van der Waals surface area contributed by atoms with Crippen molar-refractivity contribution in [2.45, 2.75) is 39.0 Å². The van der Waals surface area contributed by atoms with Crippen LogP contribution in [0.25, 0.3) is 0 Å². The maximum absolute atomic E-state index is 12.3. The highest BCUT2D eigenvalue weighted by Gasteiger charge is 2.32. The second-order valence-electron chi connectivity index (χ2n) is 5.15. The highest BCUT2D eigenvalue weighted by atomic mass is 32.2. The average Bonchev–Trinajstić information content (AvgIpc) is 2.35. The summed E-state index contributed by atoms with van der Waals surface area (Å²) in [5, 5.41) is 8.80. The number of rotatable bonds is 7. The molecule has 1 aliphatic heterocycles. The number of carboxylic acid groups (broad SMARTS) is 1. The summed E-state index contributed by atoms with van der Waals surface area (Å²) in [6.07, 6.45) is 3.35. The smallest absolute Gasteiger partial charge is 0.303 e. The first-order valence-corrected chi connectivity index (χ1v) is 8.20. The molecule has 19 heavy (non-hydrogen) atoms. The molecule has 112 valence electrons. The molecule has 1 N–H and O–H groups in total. The van der Waals surface area contributed by atoms with E-state index < -0.39 is 16.2 Å². The van der Waals surface area contributed by atoms with E-state index in [1.807, 2.05) is 6.92 Å². The first-order valence-electron chi connectivity index (χ1n) is 6.81. The first kappa shape index (κ1) is 16.4. The number of piperidine rings is 1. The monoisotopic (exact) mass is 292 g/mol. The van der Waals surface area contributed by atoms with Crippen LogP contribution < -0.4 is 0 Å². The number of hydrogen-bond acceptors (Lipinski definition) is 3. The summed E-state index contributed by atoms with van der Waals surface area (Å²) in [6, 6.07) is 0. The van der Waals surface area contributed by atoms with Crippen LogP contribution in [0.2, 0.25) is 0 Å². The highest BCUT2D eigenvalue weighted by molar-refractivity contribution is 7.86. The molecule has 0 saturated carbocycles. The van der Waals surface area contributed by atoms with Crippen molar-refractivity contribution in [3.63, 3.8) is 0 Å². The van der Waals surface area contributed by atoms with Crippen LogP contribution in [0.1, 0.15) is 39.0 Å². The number of nitrogens with zero attached hydrogens (tertiary/aromatic N) is 2. The Morgan fingerprint density at radius 1 is 1.47 bits per heavy atom. The predicted octanol–water partition coefficient (Wildman–Crippen LogP) is 1.15. The van der Waals surface area contributed by atoms with Gasteiger partial charge < -0.3 is 5.11 Å². The van der Waals surface area contributed by atoms with Crippen molar-refractivity contribution in [1.29, 1.82) is 0 Å². The van der Waals surface area contributed by atoms with Crippen LogP contribution in [-0.2, 0) is 15.0 Å². The molecule has 1 rings (SSSR count). The Morgan fingerprint density at radius 3 is 2.74 bits per heavy atom. The maximum Gasteiger partial charge on any atom is 0.303 e. The minimum absolute atomic E-state index is 0.0463. The molecule has 0 aromatic heterocycles. The summed E-state index contributed by atoms with van der Waals surface area (Å²) < 4.78 is 27.5. The molecule has 6 nitrogen and oxygen atoms in total. The van der Waals surface area contributed by atoms with E-state index in [0.29, 0.717) is 19.6 Å². The van der Waals surface area contributed by atoms with Gasteiger partial charge in [0.05, 0.1) is 0 Å². The third kappa shape index (κ3) is 4.74. The van der Waals surface area contributed by atoms with E-state index in [0.717, 1.165) is 25.7 Å². The fourth-order valence-corrected chi connectivity index (χ4v) is 3.86. The number of aliphatic carboxylic acids is 1. The standard InChI is InChI=1S/C12H24N2O4S/c1-3-4-7-13(2)19(17,18)14-8-5-6-11(10-14)9-12(15)16/h11H,3-10H2,1-2H3,(H,15,16). The lowest BCUT2D eigenvalue weighted by Crippen LogP contribution is -2.47. The summed E-state index contributed by atoms with van der Waals surface area (Å²) in [6.45, 7) is 3.35. The van der Waals surface area contributed by atoms with Gasteiger partial charge in [-0.05, 0) is 25.2 Å². The zero-order valence-electron chi connectivity index (χ0n) is 11.7. The van der Waals surface area contributed by atoms with Gasteiger partial charge in [0.15, 0.2) is 0 Å². The summed E-state index contributed by atoms with van der Waals surface area (Å²) in [4.78, 5) is 10.7. The molecule has 0 aliphatic carbocycles. The zero-order chi connectivity index (χ0) is 14.5. The Kier molecular flexibility index (Phi) is 6.22. The normalized spacial score (nSPS) is 21.7. The molecule has 1 heterocycles. The fraction of sp³-hybridized carbons (Fsp3) is 0.917. The number of carboxylic acids is 1. The van der Waals surface area contributed by atoms with Crippen molar-refractivity contribution in [1.82, 2.24) is 8.61 Å². The van der Waals surface area contributed by atoms with Crippen molar-refractivity contribution in [2.75, 3.05) is 26.7 Å². The predicted molar refractivity (Wildman–Crippen MR) is 73.0 cm³/mol. The van der Waals surface area contributed by atoms with Crippen molar-refractivity contribution >= 4 is 16.2 Å². The van der Waals surface area contributed by atoms with Crippen molar-refractivity contribution in [3.8, 4) is 0 Å². The van der Waals surface area contributed by atoms with Crippen LogP contribution in [0.15, 0.2) is 0 Å². The van der Waals surface area contributed by atoms with Crippen molar-refractivity contribution in [2.24, 2.45) is 5.92 Å². The van der Waals surface area contributed by atoms with Crippen LogP contribution in [0, 0.1) is 5.92 Å². The summed E-state index contributed by atoms with van der Waals surface area (Å²) in [7, 11) is -1.84. The van der Waals surface area contributed by atoms with E-state index in [4.69, 9.17) is 5.11 Å². The molecule has 1 saturated heterocycles. The van der Waals surface area contributed by atoms with Crippen LogP contribution >= 0.6 is 0 Å². The van der Waals surface area contributed by atoms with Crippen LogP contribution in [-0.4, -0.2) is 54.8 Å². The highest BCUT2D eigenvalue weighted by Crippen LogP contribution is 2.23. The largest absolute Gasteiger partial charge is 0.481 e. The lowest BCUT2D eigenvalue weighted by atomic mass is 9.96. The lowest BCUT2D eigenvalue weighted by Gasteiger charge is -2.33. The van der Waals surface area contributed by atoms with Crippen LogP contribution in [0.5, 0.6) is 0 Å².